The van der Waals surface area contributed by atoms with E-state index in [4.69, 9.17) is 5.53 Å². The largest absolute Gasteiger partial charge is 0.307 e. The number of hydrogen-bond acceptors (Lipinski definition) is 5. The SMILES string of the molecule is C=CC(C)(C)[C@@]12C[C@H]3C(=O)N(C(=O)c4ccccc4N=[N+]=[N-])[C@H](C)C(=O)N3[C@@H]1N(C=O)c1ccccc12. The molecule has 0 radical (unpaired) electrons. The van der Waals surface area contributed by atoms with Crippen LogP contribution in [0.3, 0.4) is 0 Å². The molecule has 188 valence electrons. The normalized spacial score (nSPS) is 26.2. The molecule has 4 atom stereocenters. The Morgan fingerprint density at radius 3 is 2.51 bits per heavy atom. The topological polar surface area (TPSA) is 127 Å². The molecule has 4 amide bonds. The number of imide groups is 1. The van der Waals surface area contributed by atoms with E-state index >= 15 is 0 Å². The molecule has 0 aliphatic carbocycles. The average molecular weight is 499 g/mol. The van der Waals surface area contributed by atoms with Crippen LogP contribution in [0.5, 0.6) is 0 Å². The van der Waals surface area contributed by atoms with Crippen molar-refractivity contribution in [3.05, 3.63) is 82.8 Å². The van der Waals surface area contributed by atoms with Gasteiger partial charge in [0.1, 0.15) is 18.2 Å². The van der Waals surface area contributed by atoms with Crippen LogP contribution in [0.2, 0.25) is 0 Å². The number of azide groups is 1. The molecule has 5 rings (SSSR count). The van der Waals surface area contributed by atoms with Crippen molar-refractivity contribution in [1.82, 2.24) is 9.80 Å². The molecule has 3 heterocycles. The van der Waals surface area contributed by atoms with Crippen LogP contribution in [0.15, 0.2) is 66.3 Å². The minimum absolute atomic E-state index is 0.0286. The Kier molecular flexibility index (Phi) is 5.45. The van der Waals surface area contributed by atoms with Crippen LogP contribution in [-0.2, 0) is 19.8 Å². The van der Waals surface area contributed by atoms with Crippen molar-refractivity contribution in [3.63, 3.8) is 0 Å². The molecule has 0 aromatic heterocycles. The lowest BCUT2D eigenvalue weighted by atomic mass is 9.60. The second-order valence-electron chi connectivity index (χ2n) is 10.2. The van der Waals surface area contributed by atoms with E-state index in [1.54, 1.807) is 18.2 Å². The van der Waals surface area contributed by atoms with Gasteiger partial charge in [-0.25, -0.2) is 0 Å². The first-order valence-corrected chi connectivity index (χ1v) is 12.0. The Morgan fingerprint density at radius 2 is 1.84 bits per heavy atom. The number of rotatable bonds is 5. The molecular weight excluding hydrogens is 472 g/mol. The molecule has 10 heteroatoms. The monoisotopic (exact) mass is 498 g/mol. The van der Waals surface area contributed by atoms with Crippen LogP contribution in [0.1, 0.15) is 43.1 Å². The highest BCUT2D eigenvalue weighted by molar-refractivity contribution is 6.14. The van der Waals surface area contributed by atoms with Crippen molar-refractivity contribution in [3.8, 4) is 0 Å². The summed E-state index contributed by atoms with van der Waals surface area (Å²) >= 11 is 0. The Balaban J connectivity index is 1.66. The van der Waals surface area contributed by atoms with E-state index in [1.165, 1.54) is 28.9 Å². The van der Waals surface area contributed by atoms with Crippen LogP contribution in [-0.4, -0.2) is 52.2 Å². The van der Waals surface area contributed by atoms with Crippen molar-refractivity contribution < 1.29 is 19.2 Å². The van der Waals surface area contributed by atoms with E-state index in [9.17, 15) is 19.2 Å². The van der Waals surface area contributed by atoms with E-state index in [2.05, 4.69) is 16.6 Å². The summed E-state index contributed by atoms with van der Waals surface area (Å²) in [6, 6.07) is 11.5. The maximum Gasteiger partial charge on any atom is 0.261 e. The molecule has 0 bridgehead atoms. The number of para-hydroxylation sites is 1. The van der Waals surface area contributed by atoms with Crippen molar-refractivity contribution in [1.29, 1.82) is 0 Å². The van der Waals surface area contributed by atoms with Gasteiger partial charge in [0.15, 0.2) is 0 Å². The molecule has 2 fully saturated rings. The first kappa shape index (κ1) is 24.3. The highest BCUT2D eigenvalue weighted by atomic mass is 16.2. The summed E-state index contributed by atoms with van der Waals surface area (Å²) in [5.41, 5.74) is 9.09. The number of carbonyl (C=O) groups excluding carboxylic acids is 4. The zero-order chi connectivity index (χ0) is 26.7. The lowest BCUT2D eigenvalue weighted by Crippen LogP contribution is -2.67. The zero-order valence-corrected chi connectivity index (χ0v) is 20.7. The number of nitrogens with zero attached hydrogens (tertiary/aromatic N) is 6. The third kappa shape index (κ3) is 3.02. The van der Waals surface area contributed by atoms with Gasteiger partial charge in [0.05, 0.1) is 5.69 Å². The van der Waals surface area contributed by atoms with E-state index in [1.807, 2.05) is 38.1 Å². The second kappa shape index (κ2) is 8.31. The summed E-state index contributed by atoms with van der Waals surface area (Å²) in [4.78, 5) is 60.8. The number of piperazine rings is 1. The van der Waals surface area contributed by atoms with Crippen LogP contribution in [0.25, 0.3) is 10.4 Å². The van der Waals surface area contributed by atoms with Crippen LogP contribution < -0.4 is 4.90 Å². The quantitative estimate of drug-likeness (QED) is 0.154. The van der Waals surface area contributed by atoms with E-state index < -0.39 is 46.8 Å². The summed E-state index contributed by atoms with van der Waals surface area (Å²) in [5.74, 6) is -1.69. The van der Waals surface area contributed by atoms with Crippen LogP contribution >= 0.6 is 0 Å². The molecule has 3 aliphatic rings. The molecule has 0 spiro atoms. The standard InChI is InChI=1S/C27H26N6O4/c1-5-26(3,4)27-14-21-24(37)32(23(36)17-10-6-8-12-19(17)29-30-28)16(2)22(35)33(21)25(27)31(15-34)20-13-9-7-11-18(20)27/h5-13,15-16,21,25H,1,14H2,2-4H3/t16-,21+,25+,27-/m1/s1. The first-order valence-electron chi connectivity index (χ1n) is 12.0. The predicted octanol–water partition coefficient (Wildman–Crippen LogP) is 4.05. The van der Waals surface area contributed by atoms with Crippen molar-refractivity contribution >= 4 is 35.5 Å². The maximum atomic E-state index is 14.0. The summed E-state index contributed by atoms with van der Waals surface area (Å²) in [6.45, 7) is 9.49. The van der Waals surface area contributed by atoms with Crippen molar-refractivity contribution in [2.75, 3.05) is 4.90 Å². The summed E-state index contributed by atoms with van der Waals surface area (Å²) in [6.07, 6.45) is 1.94. The Bertz CT molecular complexity index is 1410. The predicted molar refractivity (Wildman–Crippen MR) is 136 cm³/mol. The molecule has 3 aliphatic heterocycles. The molecule has 10 nitrogen and oxygen atoms in total. The average Bonchev–Trinajstić information content (AvgIpc) is 3.40. The van der Waals surface area contributed by atoms with Gasteiger partial charge < -0.3 is 4.90 Å². The second-order valence-corrected chi connectivity index (χ2v) is 10.2. The van der Waals surface area contributed by atoms with Crippen molar-refractivity contribution in [2.45, 2.75) is 50.9 Å². The molecule has 0 saturated carbocycles. The number of fused-ring (bicyclic) bond motifs is 5. The number of allylic oxidation sites excluding steroid dienone is 1. The maximum absolute atomic E-state index is 14.0. The van der Waals surface area contributed by atoms with Gasteiger partial charge in [-0.1, -0.05) is 61.4 Å². The third-order valence-electron chi connectivity index (χ3n) is 8.28. The number of benzene rings is 2. The zero-order valence-electron chi connectivity index (χ0n) is 20.7. The van der Waals surface area contributed by atoms with Gasteiger partial charge >= 0.3 is 0 Å². The lowest BCUT2D eigenvalue weighted by Gasteiger charge is -2.46. The van der Waals surface area contributed by atoms with Gasteiger partial charge in [0.25, 0.3) is 11.8 Å². The summed E-state index contributed by atoms with van der Waals surface area (Å²) in [5, 5.41) is 3.57. The summed E-state index contributed by atoms with van der Waals surface area (Å²) < 4.78 is 0. The van der Waals surface area contributed by atoms with Gasteiger partial charge in [-0.05, 0) is 42.0 Å². The van der Waals surface area contributed by atoms with Gasteiger partial charge in [0, 0.05) is 21.6 Å². The van der Waals surface area contributed by atoms with Crippen LogP contribution in [0.4, 0.5) is 11.4 Å². The minimum atomic E-state index is -1.13. The molecule has 0 N–H and O–H groups in total. The fourth-order valence-electron chi connectivity index (χ4n) is 6.34. The molecule has 2 aromatic rings. The molecule has 0 unspecified atom stereocenters. The molecule has 2 saturated heterocycles. The van der Waals surface area contributed by atoms with E-state index in [0.29, 0.717) is 12.1 Å². The minimum Gasteiger partial charge on any atom is -0.307 e. The third-order valence-corrected chi connectivity index (χ3v) is 8.28. The highest BCUT2D eigenvalue weighted by Gasteiger charge is 2.70. The number of carbonyl (C=O) groups is 4. The first-order chi connectivity index (χ1) is 17.7. The molecular formula is C27H26N6O4. The number of anilines is 1. The Labute approximate surface area is 213 Å². The fraction of sp³-hybridized carbons (Fsp3) is 0.333. The molecule has 2 aromatic carbocycles. The number of amides is 4. The van der Waals surface area contributed by atoms with Gasteiger partial charge in [0.2, 0.25) is 12.3 Å². The van der Waals surface area contributed by atoms with Crippen LogP contribution in [0, 0.1) is 5.41 Å². The fourth-order valence-corrected chi connectivity index (χ4v) is 6.34. The smallest absolute Gasteiger partial charge is 0.261 e. The van der Waals surface area contributed by atoms with Gasteiger partial charge in [-0.15, -0.1) is 6.58 Å². The van der Waals surface area contributed by atoms with E-state index in [0.717, 1.165) is 10.5 Å². The Hall–Kier alpha value is -4.43. The summed E-state index contributed by atoms with van der Waals surface area (Å²) in [7, 11) is 0. The van der Waals surface area contributed by atoms with Gasteiger partial charge in [-0.2, -0.15) is 0 Å². The lowest BCUT2D eigenvalue weighted by molar-refractivity contribution is -0.157. The molecule has 37 heavy (non-hydrogen) atoms. The van der Waals surface area contributed by atoms with Crippen molar-refractivity contribution in [2.24, 2.45) is 10.5 Å². The Morgan fingerprint density at radius 1 is 1.16 bits per heavy atom. The van der Waals surface area contributed by atoms with E-state index in [-0.39, 0.29) is 17.7 Å². The highest BCUT2D eigenvalue weighted by Crippen LogP contribution is 2.62. The van der Waals surface area contributed by atoms with Gasteiger partial charge in [-0.3, -0.25) is 29.0 Å². The number of hydrogen-bond donors (Lipinski definition) is 0.